The van der Waals surface area contributed by atoms with Gasteiger partial charge in [0.15, 0.2) is 0 Å². The van der Waals surface area contributed by atoms with Crippen molar-refractivity contribution >= 4 is 0 Å². The van der Waals surface area contributed by atoms with Crippen LogP contribution >= 0.6 is 0 Å². The summed E-state index contributed by atoms with van der Waals surface area (Å²) in [5.74, 6) is 0.934. The van der Waals surface area contributed by atoms with E-state index in [4.69, 9.17) is 9.47 Å². The van der Waals surface area contributed by atoms with E-state index in [0.29, 0.717) is 6.61 Å². The first-order valence-electron chi connectivity index (χ1n) is 7.07. The van der Waals surface area contributed by atoms with E-state index in [-0.39, 0.29) is 11.6 Å². The molecule has 0 heterocycles. The van der Waals surface area contributed by atoms with Crippen LogP contribution in [0.1, 0.15) is 45.7 Å². The van der Waals surface area contributed by atoms with Crippen LogP contribution in [0.25, 0.3) is 0 Å². The number of para-hydroxylation sites is 1. The quantitative estimate of drug-likeness (QED) is 0.779. The van der Waals surface area contributed by atoms with Gasteiger partial charge in [0.05, 0.1) is 18.2 Å². The highest BCUT2D eigenvalue weighted by atomic mass is 16.5. The SMILES string of the molecule is CCCNC(c1ccccc1OCC)C(C)(C)OC. The Kier molecular flexibility index (Phi) is 6.32. The molecule has 108 valence electrons. The number of methoxy groups -OCH3 is 1. The maximum atomic E-state index is 5.74. The molecular formula is C16H27NO2. The molecule has 0 saturated heterocycles. The highest BCUT2D eigenvalue weighted by Gasteiger charge is 2.32. The highest BCUT2D eigenvalue weighted by Crippen LogP contribution is 2.34. The van der Waals surface area contributed by atoms with Crippen LogP contribution in [0.2, 0.25) is 0 Å². The monoisotopic (exact) mass is 265 g/mol. The van der Waals surface area contributed by atoms with Gasteiger partial charge in [-0.2, -0.15) is 0 Å². The fourth-order valence-electron chi connectivity index (χ4n) is 2.14. The molecule has 1 aromatic rings. The first-order valence-corrected chi connectivity index (χ1v) is 7.07. The van der Waals surface area contributed by atoms with Crippen molar-refractivity contribution in [3.8, 4) is 5.75 Å². The molecule has 0 aliphatic carbocycles. The summed E-state index contributed by atoms with van der Waals surface area (Å²) < 4.78 is 11.4. The molecule has 1 atom stereocenters. The minimum atomic E-state index is -0.289. The van der Waals surface area contributed by atoms with E-state index in [1.54, 1.807) is 7.11 Å². The van der Waals surface area contributed by atoms with Gasteiger partial charge in [-0.15, -0.1) is 0 Å². The molecule has 0 fully saturated rings. The Morgan fingerprint density at radius 2 is 1.89 bits per heavy atom. The zero-order chi connectivity index (χ0) is 14.3. The van der Waals surface area contributed by atoms with Gasteiger partial charge in [-0.05, 0) is 39.8 Å². The zero-order valence-corrected chi connectivity index (χ0v) is 12.8. The minimum absolute atomic E-state index is 0.111. The lowest BCUT2D eigenvalue weighted by molar-refractivity contribution is -0.0117. The van der Waals surface area contributed by atoms with Crippen molar-refractivity contribution < 1.29 is 9.47 Å². The standard InChI is InChI=1S/C16H27NO2/c1-6-12-17-15(16(3,4)18-5)13-10-8-9-11-14(13)19-7-2/h8-11,15,17H,6-7,12H2,1-5H3. The number of benzene rings is 1. The molecular weight excluding hydrogens is 238 g/mol. The van der Waals surface area contributed by atoms with Crippen LogP contribution < -0.4 is 10.1 Å². The maximum absolute atomic E-state index is 5.74. The lowest BCUT2D eigenvalue weighted by Crippen LogP contribution is -2.41. The number of hydrogen-bond donors (Lipinski definition) is 1. The second-order valence-corrected chi connectivity index (χ2v) is 5.17. The van der Waals surface area contributed by atoms with Crippen molar-refractivity contribution in [1.82, 2.24) is 5.32 Å². The summed E-state index contributed by atoms with van der Waals surface area (Å²) in [7, 11) is 1.75. The summed E-state index contributed by atoms with van der Waals surface area (Å²) >= 11 is 0. The van der Waals surface area contributed by atoms with Crippen LogP contribution in [-0.4, -0.2) is 25.9 Å². The number of nitrogens with one attached hydrogen (secondary N) is 1. The smallest absolute Gasteiger partial charge is 0.124 e. The van der Waals surface area contributed by atoms with E-state index in [1.807, 2.05) is 25.1 Å². The van der Waals surface area contributed by atoms with Gasteiger partial charge in [0.2, 0.25) is 0 Å². The van der Waals surface area contributed by atoms with Crippen molar-refractivity contribution in [2.45, 2.75) is 45.8 Å². The fourth-order valence-corrected chi connectivity index (χ4v) is 2.14. The highest BCUT2D eigenvalue weighted by molar-refractivity contribution is 5.37. The van der Waals surface area contributed by atoms with E-state index in [1.165, 1.54) is 0 Å². The third-order valence-corrected chi connectivity index (χ3v) is 3.35. The zero-order valence-electron chi connectivity index (χ0n) is 12.8. The van der Waals surface area contributed by atoms with Crippen LogP contribution in [0.15, 0.2) is 24.3 Å². The fraction of sp³-hybridized carbons (Fsp3) is 0.625. The van der Waals surface area contributed by atoms with Crippen LogP contribution in [0, 0.1) is 0 Å². The molecule has 0 amide bonds. The summed E-state index contributed by atoms with van der Waals surface area (Å²) in [5, 5.41) is 3.57. The Balaban J connectivity index is 3.09. The maximum Gasteiger partial charge on any atom is 0.124 e. The molecule has 0 saturated carbocycles. The minimum Gasteiger partial charge on any atom is -0.494 e. The molecule has 0 spiro atoms. The number of ether oxygens (including phenoxy) is 2. The molecule has 0 radical (unpaired) electrons. The van der Waals surface area contributed by atoms with E-state index in [2.05, 4.69) is 32.2 Å². The number of rotatable bonds is 8. The molecule has 1 unspecified atom stereocenters. The summed E-state index contributed by atoms with van der Waals surface area (Å²) in [6.07, 6.45) is 1.09. The molecule has 19 heavy (non-hydrogen) atoms. The summed E-state index contributed by atoms with van der Waals surface area (Å²) in [6, 6.07) is 8.29. The summed E-state index contributed by atoms with van der Waals surface area (Å²) in [5.41, 5.74) is 0.868. The Morgan fingerprint density at radius 1 is 1.21 bits per heavy atom. The second kappa shape index (κ2) is 7.51. The first kappa shape index (κ1) is 16.0. The van der Waals surface area contributed by atoms with Gasteiger partial charge in [-0.25, -0.2) is 0 Å². The van der Waals surface area contributed by atoms with Crippen LogP contribution in [-0.2, 0) is 4.74 Å². The average molecular weight is 265 g/mol. The van der Waals surface area contributed by atoms with Gasteiger partial charge in [-0.1, -0.05) is 25.1 Å². The topological polar surface area (TPSA) is 30.5 Å². The molecule has 1 N–H and O–H groups in total. The third kappa shape index (κ3) is 4.22. The predicted octanol–water partition coefficient (Wildman–Crippen LogP) is 3.55. The Hall–Kier alpha value is -1.06. The largest absolute Gasteiger partial charge is 0.494 e. The van der Waals surface area contributed by atoms with Gasteiger partial charge in [-0.3, -0.25) is 0 Å². The van der Waals surface area contributed by atoms with Gasteiger partial charge < -0.3 is 14.8 Å². The molecule has 1 aromatic carbocycles. The van der Waals surface area contributed by atoms with Gasteiger partial charge in [0.1, 0.15) is 5.75 Å². The predicted molar refractivity (Wildman–Crippen MR) is 79.7 cm³/mol. The van der Waals surface area contributed by atoms with Gasteiger partial charge in [0, 0.05) is 12.7 Å². The Labute approximate surface area is 117 Å². The third-order valence-electron chi connectivity index (χ3n) is 3.35. The van der Waals surface area contributed by atoms with Crippen LogP contribution in [0.3, 0.4) is 0 Å². The van der Waals surface area contributed by atoms with E-state index < -0.39 is 0 Å². The lowest BCUT2D eigenvalue weighted by atomic mass is 9.90. The normalized spacial score (nSPS) is 13.3. The lowest BCUT2D eigenvalue weighted by Gasteiger charge is -2.35. The van der Waals surface area contributed by atoms with Gasteiger partial charge in [0.25, 0.3) is 0 Å². The Morgan fingerprint density at radius 3 is 2.47 bits per heavy atom. The Bertz CT molecular complexity index is 377. The number of hydrogen-bond acceptors (Lipinski definition) is 3. The average Bonchev–Trinajstić information content (AvgIpc) is 2.41. The van der Waals surface area contributed by atoms with Crippen molar-refractivity contribution in [2.75, 3.05) is 20.3 Å². The summed E-state index contributed by atoms with van der Waals surface area (Å²) in [4.78, 5) is 0. The van der Waals surface area contributed by atoms with E-state index >= 15 is 0 Å². The first-order chi connectivity index (χ1) is 9.06. The van der Waals surface area contributed by atoms with Gasteiger partial charge >= 0.3 is 0 Å². The molecule has 0 aromatic heterocycles. The molecule has 1 rings (SSSR count). The molecule has 3 heteroatoms. The molecule has 0 aliphatic heterocycles. The molecule has 3 nitrogen and oxygen atoms in total. The van der Waals surface area contributed by atoms with E-state index in [9.17, 15) is 0 Å². The van der Waals surface area contributed by atoms with Crippen molar-refractivity contribution in [1.29, 1.82) is 0 Å². The second-order valence-electron chi connectivity index (χ2n) is 5.17. The van der Waals surface area contributed by atoms with E-state index in [0.717, 1.165) is 24.3 Å². The summed E-state index contributed by atoms with van der Waals surface area (Å²) in [6.45, 7) is 10.00. The molecule has 0 bridgehead atoms. The van der Waals surface area contributed by atoms with Crippen LogP contribution in [0.4, 0.5) is 0 Å². The van der Waals surface area contributed by atoms with Crippen molar-refractivity contribution in [3.63, 3.8) is 0 Å². The van der Waals surface area contributed by atoms with Crippen molar-refractivity contribution in [2.24, 2.45) is 0 Å². The molecule has 0 aliphatic rings. The van der Waals surface area contributed by atoms with Crippen LogP contribution in [0.5, 0.6) is 5.75 Å². The van der Waals surface area contributed by atoms with Crippen molar-refractivity contribution in [3.05, 3.63) is 29.8 Å².